The standard InChI is InChI=1S/C56H75Cl2N11O13.CH2O2/c1-5-64-13-15-65(17-18-67(33-51(76)77)20-19-66(16-14-64)32-50(74)75)31-49(73)59-10-9-41(70)27-42(71)28-48(72)60-11-12-61-55(79)62-39-8-6-7-36(23-39)43-29-44-47(30-46(43)80-4)82-34-45-52(54(78)68-21-22-81-35-56(68,2)3)63-69(53(44)45)40-25-37(57)24-38(58)26-40;2-1-3/h6-8,23-26,29-30,41-42,70-71H,5,9-22,27-28,31-35H2,1-4H3,(H,59,73)(H,60,72)(H,74,75)(H,76,77)(H2,61,62,79);1H,(H,2,3). The maximum atomic E-state index is 14.4. The van der Waals surface area contributed by atoms with E-state index in [2.05, 4.69) is 26.2 Å². The van der Waals surface area contributed by atoms with Crippen LogP contribution in [0.3, 0.4) is 0 Å². The summed E-state index contributed by atoms with van der Waals surface area (Å²) in [4.78, 5) is 94.1. The van der Waals surface area contributed by atoms with Gasteiger partial charge in [0.25, 0.3) is 12.4 Å². The van der Waals surface area contributed by atoms with Gasteiger partial charge in [-0.25, -0.2) is 9.48 Å². The third-order valence-electron chi connectivity index (χ3n) is 14.5. The van der Waals surface area contributed by atoms with Gasteiger partial charge in [-0.15, -0.1) is 0 Å². The predicted molar refractivity (Wildman–Crippen MR) is 316 cm³/mol. The average Bonchev–Trinajstić information content (AvgIpc) is 1.76. The van der Waals surface area contributed by atoms with Gasteiger partial charge < -0.3 is 70.8 Å². The maximum Gasteiger partial charge on any atom is 0.319 e. The number of morpholine rings is 1. The molecule has 26 nitrogen and oxygen atoms in total. The maximum absolute atomic E-state index is 14.4. The zero-order valence-electron chi connectivity index (χ0n) is 48.2. The number of anilines is 1. The Labute approximate surface area is 502 Å². The van der Waals surface area contributed by atoms with E-state index in [4.69, 9.17) is 52.4 Å². The first-order valence-corrected chi connectivity index (χ1v) is 28.7. The van der Waals surface area contributed by atoms with Gasteiger partial charge in [0, 0.05) is 117 Å². The van der Waals surface area contributed by atoms with Crippen molar-refractivity contribution >= 4 is 71.1 Å². The van der Waals surface area contributed by atoms with Crippen molar-refractivity contribution in [2.45, 2.75) is 64.4 Å². The van der Waals surface area contributed by atoms with Gasteiger partial charge in [0.2, 0.25) is 11.8 Å². The summed E-state index contributed by atoms with van der Waals surface area (Å²) >= 11 is 13.0. The quantitative estimate of drug-likeness (QED) is 0.0403. The molecule has 0 radical (unpaired) electrons. The van der Waals surface area contributed by atoms with Gasteiger partial charge >= 0.3 is 18.0 Å². The van der Waals surface area contributed by atoms with Crippen LogP contribution in [0.2, 0.25) is 10.0 Å². The molecule has 0 aliphatic carbocycles. The van der Waals surface area contributed by atoms with Gasteiger partial charge in [0.1, 0.15) is 18.1 Å². The number of likely N-dealkylation sites (N-methyl/N-ethyl adjacent to an activating group) is 1. The second-order valence-electron chi connectivity index (χ2n) is 21.2. The highest BCUT2D eigenvalue weighted by molar-refractivity contribution is 6.34. The number of urea groups is 1. The van der Waals surface area contributed by atoms with Crippen LogP contribution in [0.1, 0.15) is 56.1 Å². The fourth-order valence-electron chi connectivity index (χ4n) is 10.2. The van der Waals surface area contributed by atoms with E-state index in [-0.39, 0.29) is 89.1 Å². The minimum Gasteiger partial charge on any atom is -0.496 e. The molecule has 0 bridgehead atoms. The number of nitrogens with zero attached hydrogens (tertiary/aromatic N) is 7. The van der Waals surface area contributed by atoms with Gasteiger partial charge in [-0.2, -0.15) is 5.10 Å². The minimum absolute atomic E-state index is 0.0382. The van der Waals surface area contributed by atoms with Crippen molar-refractivity contribution < 1.29 is 73.3 Å². The lowest BCUT2D eigenvalue weighted by atomic mass is 9.95. The first-order chi connectivity index (χ1) is 40.6. The highest BCUT2D eigenvalue weighted by atomic mass is 35.5. The van der Waals surface area contributed by atoms with Gasteiger partial charge in [0.15, 0.2) is 5.69 Å². The number of carboxylic acids is 2. The number of nitrogens with one attached hydrogen (secondary N) is 4. The number of hydrogen-bond acceptors (Lipinski definition) is 17. The molecule has 2 unspecified atom stereocenters. The topological polar surface area (TPSA) is 330 Å². The number of ether oxygens (including phenoxy) is 3. The first kappa shape index (κ1) is 67.0. The summed E-state index contributed by atoms with van der Waals surface area (Å²) in [6, 6.07) is 15.3. The van der Waals surface area contributed by atoms with Gasteiger partial charge in [0.05, 0.1) is 75.5 Å². The van der Waals surface area contributed by atoms with Crippen molar-refractivity contribution in [2.24, 2.45) is 0 Å². The molecule has 2 saturated heterocycles. The van der Waals surface area contributed by atoms with E-state index < -0.39 is 41.6 Å². The minimum atomic E-state index is -1.18. The lowest BCUT2D eigenvalue weighted by Gasteiger charge is -2.41. The fraction of sp³-hybridized carbons (Fsp3) is 0.509. The van der Waals surface area contributed by atoms with Crippen LogP contribution in [0.25, 0.3) is 28.1 Å². The molecule has 7 rings (SSSR count). The molecule has 5 amide bonds. The SMILES string of the molecule is CCN1CCN(CC(=O)O)CCN(CC(=O)O)CCN(CC(=O)NCCC(O)CC(O)CC(=O)NCCNC(=O)Nc2cccc(-c3cc4c(cc3OC)OCc3c(C(=O)N5CCOCC5(C)C)nn(-c5cc(Cl)cc(Cl)c5)c3-4)c2)CC1.O=CO. The van der Waals surface area contributed by atoms with Gasteiger partial charge in [-0.05, 0) is 75.2 Å². The lowest BCUT2D eigenvalue weighted by molar-refractivity contribution is -0.140. The molecule has 85 heavy (non-hydrogen) atoms. The number of hydrogen-bond donors (Lipinski definition) is 9. The van der Waals surface area contributed by atoms with E-state index in [1.165, 1.54) is 7.11 Å². The van der Waals surface area contributed by atoms with Crippen LogP contribution < -0.4 is 30.7 Å². The molecule has 0 spiro atoms. The second kappa shape index (κ2) is 32.4. The molecule has 3 aliphatic heterocycles. The molecule has 4 aromatic rings. The summed E-state index contributed by atoms with van der Waals surface area (Å²) in [5, 5.41) is 63.7. The number of amides is 5. The van der Waals surface area contributed by atoms with Gasteiger partial charge in [-0.1, -0.05) is 42.3 Å². The normalized spacial score (nSPS) is 16.7. The zero-order valence-corrected chi connectivity index (χ0v) is 49.7. The number of methoxy groups -OCH3 is 1. The van der Waals surface area contributed by atoms with Crippen LogP contribution in [0.15, 0.2) is 54.6 Å². The van der Waals surface area contributed by atoms with E-state index in [9.17, 15) is 49.2 Å². The fourth-order valence-corrected chi connectivity index (χ4v) is 10.7. The van der Waals surface area contributed by atoms with Gasteiger partial charge in [-0.3, -0.25) is 43.5 Å². The number of carbonyl (C=O) groups is 7. The highest BCUT2D eigenvalue weighted by Crippen LogP contribution is 2.47. The van der Waals surface area contributed by atoms with Crippen molar-refractivity contribution in [1.29, 1.82) is 0 Å². The molecule has 3 aliphatic rings. The van der Waals surface area contributed by atoms with Crippen LogP contribution in [0.4, 0.5) is 10.5 Å². The number of aliphatic hydroxyl groups is 2. The Hall–Kier alpha value is -7.14. The van der Waals surface area contributed by atoms with E-state index in [1.54, 1.807) is 61.8 Å². The summed E-state index contributed by atoms with van der Waals surface area (Å²) in [6.07, 6.45) is -2.49. The van der Waals surface area contributed by atoms with E-state index in [0.29, 0.717) is 133 Å². The predicted octanol–water partition coefficient (Wildman–Crippen LogP) is 3.02. The molecule has 1 aromatic heterocycles. The Bertz CT molecular complexity index is 2950. The molecular formula is C57H77Cl2N11O15. The van der Waals surface area contributed by atoms with Crippen molar-refractivity contribution in [1.82, 2.24) is 50.2 Å². The molecular weight excluding hydrogens is 1150 g/mol. The van der Waals surface area contributed by atoms with Crippen molar-refractivity contribution in [3.8, 4) is 39.6 Å². The third-order valence-corrected chi connectivity index (χ3v) is 14.9. The molecule has 28 heteroatoms. The largest absolute Gasteiger partial charge is 0.496 e. The lowest BCUT2D eigenvalue weighted by Crippen LogP contribution is -2.55. The number of halogens is 2. The number of aliphatic carboxylic acids is 2. The smallest absolute Gasteiger partial charge is 0.319 e. The molecule has 2 atom stereocenters. The molecule has 2 fully saturated rings. The molecule has 3 aromatic carbocycles. The second-order valence-corrected chi connectivity index (χ2v) is 22.1. The van der Waals surface area contributed by atoms with Crippen molar-refractivity contribution in [2.75, 3.05) is 130 Å². The Balaban J connectivity index is 0.00000377. The summed E-state index contributed by atoms with van der Waals surface area (Å²) in [7, 11) is 1.54. The van der Waals surface area contributed by atoms with Crippen LogP contribution in [-0.4, -0.2) is 245 Å². The van der Waals surface area contributed by atoms with Crippen molar-refractivity contribution in [3.63, 3.8) is 0 Å². The number of rotatable bonds is 22. The van der Waals surface area contributed by atoms with Crippen LogP contribution >= 0.6 is 23.2 Å². The first-order valence-electron chi connectivity index (χ1n) is 27.9. The number of aromatic nitrogens is 2. The van der Waals surface area contributed by atoms with Crippen LogP contribution in [0.5, 0.6) is 11.5 Å². The molecule has 9 N–H and O–H groups in total. The number of carboxylic acid groups (broad SMARTS) is 3. The Morgan fingerprint density at radius 1 is 0.765 bits per heavy atom. The monoisotopic (exact) mass is 1230 g/mol. The van der Waals surface area contributed by atoms with E-state index in [1.807, 2.05) is 37.8 Å². The molecule has 0 saturated carbocycles. The summed E-state index contributed by atoms with van der Waals surface area (Å²) < 4.78 is 19.6. The molecule has 4 heterocycles. The third kappa shape index (κ3) is 20.0. The van der Waals surface area contributed by atoms with E-state index in [0.717, 1.165) is 6.54 Å². The number of fused-ring (bicyclic) bond motifs is 3. The summed E-state index contributed by atoms with van der Waals surface area (Å²) in [5.41, 5.74) is 3.74. The highest BCUT2D eigenvalue weighted by Gasteiger charge is 2.39. The average molecular weight is 1230 g/mol. The number of benzene rings is 3. The molecule has 464 valence electrons. The zero-order chi connectivity index (χ0) is 61.8. The summed E-state index contributed by atoms with van der Waals surface area (Å²) in [5.74, 6) is -2.03. The summed E-state index contributed by atoms with van der Waals surface area (Å²) in [6.45, 7) is 11.2. The van der Waals surface area contributed by atoms with Crippen molar-refractivity contribution in [3.05, 3.63) is 75.9 Å². The Morgan fingerprint density at radius 3 is 1.96 bits per heavy atom. The van der Waals surface area contributed by atoms with Crippen LogP contribution in [0, 0.1) is 0 Å². The Morgan fingerprint density at radius 2 is 1.36 bits per heavy atom. The number of aliphatic hydroxyl groups excluding tert-OH is 2. The van der Waals surface area contributed by atoms with E-state index >= 15 is 0 Å². The van der Waals surface area contributed by atoms with Crippen LogP contribution in [-0.2, 0) is 35.3 Å². The number of carbonyl (C=O) groups excluding carboxylic acids is 4. The Kier molecular flexibility index (Phi) is 25.5.